The summed E-state index contributed by atoms with van der Waals surface area (Å²) in [5, 5.41) is 12.3. The van der Waals surface area contributed by atoms with Gasteiger partial charge >= 0.3 is 0 Å². The highest BCUT2D eigenvalue weighted by atomic mass is 19.1. The number of H-pyrrole nitrogens is 1. The first-order valence-corrected chi connectivity index (χ1v) is 9.41. The molecular formula is C22H20F2N4O2. The van der Waals surface area contributed by atoms with Crippen molar-refractivity contribution in [2.24, 2.45) is 5.73 Å². The minimum Gasteiger partial charge on any atom is -0.352 e. The van der Waals surface area contributed by atoms with Crippen molar-refractivity contribution in [1.82, 2.24) is 10.3 Å². The standard InChI is InChI=1S/C22H20F2N4O2/c23-15-3-1-14(2-4-15)21-17(5-6-20(30)27-16(12-29)7-8-25)18-9-13(11-26)10-19(24)22(18)28-21/h1-4,9-10,12,16,28H,5-8,25H2,(H,27,30). The molecule has 1 unspecified atom stereocenters. The molecule has 1 atom stereocenters. The summed E-state index contributed by atoms with van der Waals surface area (Å²) in [5.41, 5.74) is 7.58. The van der Waals surface area contributed by atoms with Crippen LogP contribution in [0.15, 0.2) is 36.4 Å². The summed E-state index contributed by atoms with van der Waals surface area (Å²) in [7, 11) is 0. The molecule has 4 N–H and O–H groups in total. The summed E-state index contributed by atoms with van der Waals surface area (Å²) in [6.07, 6.45) is 1.23. The summed E-state index contributed by atoms with van der Waals surface area (Å²) < 4.78 is 27.9. The van der Waals surface area contributed by atoms with Crippen LogP contribution in [0.4, 0.5) is 8.78 Å². The Bertz CT molecular complexity index is 1120. The molecule has 30 heavy (non-hydrogen) atoms. The van der Waals surface area contributed by atoms with Crippen LogP contribution in [0.25, 0.3) is 22.2 Å². The average Bonchev–Trinajstić information content (AvgIpc) is 3.11. The van der Waals surface area contributed by atoms with Crippen molar-refractivity contribution < 1.29 is 18.4 Å². The number of nitrogens with zero attached hydrogens (tertiary/aromatic N) is 1. The van der Waals surface area contributed by atoms with Crippen molar-refractivity contribution in [2.45, 2.75) is 25.3 Å². The monoisotopic (exact) mass is 410 g/mol. The van der Waals surface area contributed by atoms with Gasteiger partial charge in [0.05, 0.1) is 23.2 Å². The number of hydrogen-bond donors (Lipinski definition) is 3. The Hall–Kier alpha value is -3.57. The van der Waals surface area contributed by atoms with Gasteiger partial charge in [-0.05, 0) is 66.9 Å². The van der Waals surface area contributed by atoms with E-state index in [9.17, 15) is 23.6 Å². The molecule has 8 heteroatoms. The molecule has 0 saturated heterocycles. The van der Waals surface area contributed by atoms with Gasteiger partial charge in [0, 0.05) is 17.5 Å². The van der Waals surface area contributed by atoms with Gasteiger partial charge in [0.2, 0.25) is 5.91 Å². The van der Waals surface area contributed by atoms with Crippen molar-refractivity contribution in [3.8, 4) is 17.3 Å². The third-order valence-electron chi connectivity index (χ3n) is 4.82. The van der Waals surface area contributed by atoms with Gasteiger partial charge in [-0.2, -0.15) is 5.26 Å². The van der Waals surface area contributed by atoms with Crippen molar-refractivity contribution in [2.75, 3.05) is 6.54 Å². The number of benzene rings is 2. The van der Waals surface area contributed by atoms with E-state index in [1.807, 2.05) is 6.07 Å². The van der Waals surface area contributed by atoms with Crippen LogP contribution in [-0.4, -0.2) is 29.8 Å². The molecule has 154 valence electrons. The first-order valence-electron chi connectivity index (χ1n) is 9.41. The quantitative estimate of drug-likeness (QED) is 0.496. The maximum atomic E-state index is 14.5. The molecular weight excluding hydrogens is 390 g/mol. The lowest BCUT2D eigenvalue weighted by atomic mass is 9.99. The molecule has 0 radical (unpaired) electrons. The molecule has 1 aromatic heterocycles. The van der Waals surface area contributed by atoms with Gasteiger partial charge in [0.15, 0.2) is 0 Å². The van der Waals surface area contributed by atoms with E-state index >= 15 is 0 Å². The number of carbonyl (C=O) groups is 2. The molecule has 0 bridgehead atoms. The fourth-order valence-electron chi connectivity index (χ4n) is 3.37. The maximum absolute atomic E-state index is 14.5. The minimum absolute atomic E-state index is 0.0362. The van der Waals surface area contributed by atoms with E-state index in [2.05, 4.69) is 10.3 Å². The van der Waals surface area contributed by atoms with E-state index in [4.69, 9.17) is 5.73 Å². The highest BCUT2D eigenvalue weighted by Gasteiger charge is 2.19. The zero-order chi connectivity index (χ0) is 21.7. The third-order valence-corrected chi connectivity index (χ3v) is 4.82. The molecule has 3 aromatic rings. The summed E-state index contributed by atoms with van der Waals surface area (Å²) >= 11 is 0. The molecule has 0 fully saturated rings. The topological polar surface area (TPSA) is 112 Å². The minimum atomic E-state index is -0.662. The van der Waals surface area contributed by atoms with E-state index in [1.165, 1.54) is 12.1 Å². The highest BCUT2D eigenvalue weighted by Crippen LogP contribution is 2.33. The van der Waals surface area contributed by atoms with Gasteiger partial charge < -0.3 is 20.8 Å². The lowest BCUT2D eigenvalue weighted by molar-refractivity contribution is -0.124. The smallest absolute Gasteiger partial charge is 0.220 e. The number of nitrogens with one attached hydrogen (secondary N) is 2. The number of aldehydes is 1. The molecule has 1 heterocycles. The van der Waals surface area contributed by atoms with Gasteiger partial charge in [-0.1, -0.05) is 0 Å². The number of aromatic amines is 1. The second kappa shape index (κ2) is 9.29. The Morgan fingerprint density at radius 2 is 2.00 bits per heavy atom. The molecule has 0 spiro atoms. The molecule has 2 aromatic carbocycles. The van der Waals surface area contributed by atoms with Crippen LogP contribution in [0.5, 0.6) is 0 Å². The van der Waals surface area contributed by atoms with Crippen LogP contribution in [0.3, 0.4) is 0 Å². The zero-order valence-electron chi connectivity index (χ0n) is 16.0. The SMILES string of the molecule is N#Cc1cc(F)c2[nH]c(-c3ccc(F)cc3)c(CCC(=O)NC(C=O)CCN)c2c1. The van der Waals surface area contributed by atoms with Crippen LogP contribution in [-0.2, 0) is 16.0 Å². The highest BCUT2D eigenvalue weighted by molar-refractivity contribution is 5.92. The summed E-state index contributed by atoms with van der Waals surface area (Å²) in [6, 6.07) is 9.62. The van der Waals surface area contributed by atoms with E-state index in [0.29, 0.717) is 34.9 Å². The number of nitrogens with two attached hydrogens (primary N) is 1. The summed E-state index contributed by atoms with van der Waals surface area (Å²) in [6.45, 7) is 0.261. The average molecular weight is 410 g/mol. The Kier molecular flexibility index (Phi) is 6.54. The van der Waals surface area contributed by atoms with Crippen LogP contribution in [0, 0.1) is 23.0 Å². The number of aromatic nitrogens is 1. The van der Waals surface area contributed by atoms with Crippen molar-refractivity contribution in [1.29, 1.82) is 5.26 Å². The maximum Gasteiger partial charge on any atom is 0.220 e. The van der Waals surface area contributed by atoms with E-state index < -0.39 is 17.7 Å². The molecule has 3 rings (SSSR count). The number of hydrogen-bond acceptors (Lipinski definition) is 4. The molecule has 0 aliphatic carbocycles. The number of aryl methyl sites for hydroxylation is 1. The first-order chi connectivity index (χ1) is 14.5. The predicted molar refractivity (Wildman–Crippen MR) is 108 cm³/mol. The first kappa shape index (κ1) is 21.1. The predicted octanol–water partition coefficient (Wildman–Crippen LogP) is 2.95. The third kappa shape index (κ3) is 4.53. The molecule has 0 saturated carbocycles. The molecule has 6 nitrogen and oxygen atoms in total. The van der Waals surface area contributed by atoms with Gasteiger partial charge in [0.25, 0.3) is 0 Å². The Balaban J connectivity index is 1.98. The van der Waals surface area contributed by atoms with Crippen molar-refractivity contribution in [3.05, 3.63) is 59.2 Å². The normalized spacial score (nSPS) is 11.8. The number of carbonyl (C=O) groups excluding carboxylic acids is 2. The van der Waals surface area contributed by atoms with E-state index in [-0.39, 0.29) is 36.4 Å². The number of halogens is 2. The number of rotatable bonds is 8. The number of fused-ring (bicyclic) bond motifs is 1. The summed E-state index contributed by atoms with van der Waals surface area (Å²) in [4.78, 5) is 26.3. The zero-order valence-corrected chi connectivity index (χ0v) is 16.0. The van der Waals surface area contributed by atoms with Gasteiger partial charge in [-0.25, -0.2) is 8.78 Å². The van der Waals surface area contributed by atoms with Crippen LogP contribution in [0.1, 0.15) is 24.0 Å². The largest absolute Gasteiger partial charge is 0.352 e. The lowest BCUT2D eigenvalue weighted by Crippen LogP contribution is -2.37. The van der Waals surface area contributed by atoms with Crippen LogP contribution >= 0.6 is 0 Å². The molecule has 0 aliphatic rings. The van der Waals surface area contributed by atoms with Crippen molar-refractivity contribution in [3.63, 3.8) is 0 Å². The number of amides is 1. The van der Waals surface area contributed by atoms with Crippen LogP contribution < -0.4 is 11.1 Å². The van der Waals surface area contributed by atoms with Gasteiger partial charge in [-0.3, -0.25) is 4.79 Å². The van der Waals surface area contributed by atoms with E-state index in [0.717, 1.165) is 6.07 Å². The number of nitriles is 1. The second-order valence-corrected chi connectivity index (χ2v) is 6.87. The van der Waals surface area contributed by atoms with Gasteiger partial charge in [-0.15, -0.1) is 0 Å². The summed E-state index contributed by atoms with van der Waals surface area (Å²) in [5.74, 6) is -1.35. The van der Waals surface area contributed by atoms with Crippen LogP contribution in [0.2, 0.25) is 0 Å². The Morgan fingerprint density at radius 3 is 2.63 bits per heavy atom. The van der Waals surface area contributed by atoms with E-state index in [1.54, 1.807) is 18.2 Å². The fraction of sp³-hybridized carbons (Fsp3) is 0.227. The molecule has 1 amide bonds. The van der Waals surface area contributed by atoms with Crippen molar-refractivity contribution >= 4 is 23.1 Å². The lowest BCUT2D eigenvalue weighted by Gasteiger charge is -2.12. The molecule has 0 aliphatic heterocycles. The second-order valence-electron chi connectivity index (χ2n) is 6.87. The Morgan fingerprint density at radius 1 is 1.27 bits per heavy atom. The van der Waals surface area contributed by atoms with Gasteiger partial charge in [0.1, 0.15) is 17.9 Å². The Labute approximate surface area is 171 Å². The fourth-order valence-corrected chi connectivity index (χ4v) is 3.37.